The summed E-state index contributed by atoms with van der Waals surface area (Å²) in [5.74, 6) is -0.127. The number of hydrogen-bond donors (Lipinski definition) is 0. The number of likely N-dealkylation sites (N-methyl/N-ethyl adjacent to an activating group) is 1. The van der Waals surface area contributed by atoms with Gasteiger partial charge in [-0.25, -0.2) is 5.06 Å². The van der Waals surface area contributed by atoms with Crippen LogP contribution in [0.5, 0.6) is 0 Å². The van der Waals surface area contributed by atoms with Crippen LogP contribution in [-0.4, -0.2) is 36.8 Å². The van der Waals surface area contributed by atoms with Crippen molar-refractivity contribution in [2.24, 2.45) is 0 Å². The summed E-state index contributed by atoms with van der Waals surface area (Å²) in [6.07, 6.45) is -0.326. The van der Waals surface area contributed by atoms with Gasteiger partial charge in [-0.15, -0.1) is 0 Å². The van der Waals surface area contributed by atoms with Crippen LogP contribution in [0.25, 0.3) is 0 Å². The lowest BCUT2D eigenvalue weighted by atomic mass is 10.1. The van der Waals surface area contributed by atoms with Crippen molar-refractivity contribution < 1.29 is 14.4 Å². The predicted molar refractivity (Wildman–Crippen MR) is 38.7 cm³/mol. The smallest absolute Gasteiger partial charge is 0.277 e. The lowest BCUT2D eigenvalue weighted by molar-refractivity contribution is -0.170. The molecule has 0 radical (unpaired) electrons. The Labute approximate surface area is 66.0 Å². The van der Waals surface area contributed by atoms with Gasteiger partial charge in [-0.3, -0.25) is 9.63 Å². The number of nitrogens with zero attached hydrogens (tertiary/aromatic N) is 1. The van der Waals surface area contributed by atoms with E-state index in [-0.39, 0.29) is 17.6 Å². The topological polar surface area (TPSA) is 42.1 Å². The maximum absolute atomic E-state index is 11.2. The number of hydroxylamine groups is 2. The Balaban J connectivity index is 2.46. The molecule has 4 heteroatoms. The molecule has 0 aromatic heterocycles. The SMILES string of the molecule is CON(C)C(=O)C1OC1(C)C. The second-order valence-electron chi connectivity index (χ2n) is 3.12. The van der Waals surface area contributed by atoms with Crippen LogP contribution in [0.1, 0.15) is 13.8 Å². The molecule has 1 saturated heterocycles. The van der Waals surface area contributed by atoms with Crippen LogP contribution in [0, 0.1) is 0 Å². The highest BCUT2D eigenvalue weighted by Crippen LogP contribution is 2.36. The molecular weight excluding hydrogens is 146 g/mol. The van der Waals surface area contributed by atoms with Crippen LogP contribution in [0.15, 0.2) is 0 Å². The Morgan fingerprint density at radius 2 is 2.09 bits per heavy atom. The standard InChI is InChI=1S/C7H13NO3/c1-7(2)5(11-7)6(9)8(3)10-4/h5H,1-4H3. The summed E-state index contributed by atoms with van der Waals surface area (Å²) in [5.41, 5.74) is -0.302. The molecule has 0 spiro atoms. The Morgan fingerprint density at radius 1 is 1.64 bits per heavy atom. The lowest BCUT2D eigenvalue weighted by Gasteiger charge is -2.11. The van der Waals surface area contributed by atoms with Crippen molar-refractivity contribution in [2.45, 2.75) is 25.6 Å². The molecule has 1 atom stereocenters. The van der Waals surface area contributed by atoms with Gasteiger partial charge in [0, 0.05) is 7.05 Å². The molecule has 1 rings (SSSR count). The molecule has 11 heavy (non-hydrogen) atoms. The van der Waals surface area contributed by atoms with Crippen molar-refractivity contribution in [3.05, 3.63) is 0 Å². The highest BCUT2D eigenvalue weighted by Gasteiger charge is 2.54. The van der Waals surface area contributed by atoms with Crippen molar-refractivity contribution in [3.63, 3.8) is 0 Å². The van der Waals surface area contributed by atoms with Crippen LogP contribution >= 0.6 is 0 Å². The molecular formula is C7H13NO3. The van der Waals surface area contributed by atoms with Gasteiger partial charge in [0.1, 0.15) is 0 Å². The maximum atomic E-state index is 11.2. The minimum atomic E-state index is -0.326. The lowest BCUT2D eigenvalue weighted by Crippen LogP contribution is -2.32. The molecule has 0 bridgehead atoms. The van der Waals surface area contributed by atoms with Gasteiger partial charge in [-0.1, -0.05) is 0 Å². The van der Waals surface area contributed by atoms with Crippen molar-refractivity contribution in [2.75, 3.05) is 14.2 Å². The zero-order chi connectivity index (χ0) is 8.65. The monoisotopic (exact) mass is 159 g/mol. The molecule has 0 saturated carbocycles. The van der Waals surface area contributed by atoms with Gasteiger partial charge in [0.05, 0.1) is 12.7 Å². The first-order chi connectivity index (χ1) is 4.99. The number of rotatable bonds is 2. The largest absolute Gasteiger partial charge is 0.356 e. The zero-order valence-corrected chi connectivity index (χ0v) is 7.25. The Morgan fingerprint density at radius 3 is 2.36 bits per heavy atom. The van der Waals surface area contributed by atoms with Gasteiger partial charge in [0.2, 0.25) is 0 Å². The van der Waals surface area contributed by atoms with E-state index in [0.717, 1.165) is 0 Å². The van der Waals surface area contributed by atoms with Crippen molar-refractivity contribution in [1.29, 1.82) is 0 Å². The highest BCUT2D eigenvalue weighted by atomic mass is 16.7. The highest BCUT2D eigenvalue weighted by molar-refractivity contribution is 5.83. The Bertz CT molecular complexity index is 179. The first-order valence-corrected chi connectivity index (χ1v) is 3.48. The van der Waals surface area contributed by atoms with Crippen LogP contribution in [0.2, 0.25) is 0 Å². The number of ether oxygens (including phenoxy) is 1. The van der Waals surface area contributed by atoms with Gasteiger partial charge < -0.3 is 4.74 Å². The minimum absolute atomic E-state index is 0.127. The summed E-state index contributed by atoms with van der Waals surface area (Å²) in [4.78, 5) is 15.9. The molecule has 1 amide bonds. The van der Waals surface area contributed by atoms with Crippen LogP contribution < -0.4 is 0 Å². The number of amides is 1. The van der Waals surface area contributed by atoms with E-state index < -0.39 is 0 Å². The first kappa shape index (κ1) is 8.49. The molecule has 1 heterocycles. The van der Waals surface area contributed by atoms with E-state index in [1.165, 1.54) is 12.2 Å². The third-order valence-corrected chi connectivity index (χ3v) is 1.80. The van der Waals surface area contributed by atoms with Crippen molar-refractivity contribution >= 4 is 5.91 Å². The molecule has 0 aromatic carbocycles. The van der Waals surface area contributed by atoms with E-state index in [1.807, 2.05) is 13.8 Å². The first-order valence-electron chi connectivity index (χ1n) is 3.48. The summed E-state index contributed by atoms with van der Waals surface area (Å²) in [7, 11) is 3.02. The second kappa shape index (κ2) is 2.46. The van der Waals surface area contributed by atoms with E-state index in [4.69, 9.17) is 9.57 Å². The number of hydrogen-bond acceptors (Lipinski definition) is 3. The third-order valence-electron chi connectivity index (χ3n) is 1.80. The zero-order valence-electron chi connectivity index (χ0n) is 7.25. The number of carbonyl (C=O) groups excluding carboxylic acids is 1. The molecule has 1 fully saturated rings. The van der Waals surface area contributed by atoms with E-state index in [1.54, 1.807) is 7.05 Å². The molecule has 64 valence electrons. The fourth-order valence-electron chi connectivity index (χ4n) is 0.873. The molecule has 0 aromatic rings. The summed E-state index contributed by atoms with van der Waals surface area (Å²) >= 11 is 0. The van der Waals surface area contributed by atoms with Crippen LogP contribution in [-0.2, 0) is 14.4 Å². The Hall–Kier alpha value is -0.610. The molecule has 1 unspecified atom stereocenters. The predicted octanol–water partition coefficient (Wildman–Crippen LogP) is 0.184. The molecule has 0 aliphatic carbocycles. The van der Waals surface area contributed by atoms with Crippen LogP contribution in [0.4, 0.5) is 0 Å². The molecule has 1 aliphatic rings. The van der Waals surface area contributed by atoms with E-state index in [0.29, 0.717) is 0 Å². The van der Waals surface area contributed by atoms with Gasteiger partial charge in [0.25, 0.3) is 5.91 Å². The molecule has 1 aliphatic heterocycles. The molecule has 0 N–H and O–H groups in total. The average Bonchev–Trinajstić information content (AvgIpc) is 2.56. The molecule has 4 nitrogen and oxygen atoms in total. The summed E-state index contributed by atoms with van der Waals surface area (Å²) < 4.78 is 5.12. The van der Waals surface area contributed by atoms with Crippen LogP contribution in [0.3, 0.4) is 0 Å². The van der Waals surface area contributed by atoms with Gasteiger partial charge in [0.15, 0.2) is 6.10 Å². The van der Waals surface area contributed by atoms with Gasteiger partial charge in [-0.05, 0) is 13.8 Å². The Kier molecular flexibility index (Phi) is 1.90. The average molecular weight is 159 g/mol. The van der Waals surface area contributed by atoms with Crippen molar-refractivity contribution in [3.8, 4) is 0 Å². The summed E-state index contributed by atoms with van der Waals surface area (Å²) in [6, 6.07) is 0. The summed E-state index contributed by atoms with van der Waals surface area (Å²) in [5, 5.41) is 1.18. The minimum Gasteiger partial charge on any atom is -0.356 e. The van der Waals surface area contributed by atoms with Gasteiger partial charge >= 0.3 is 0 Å². The fourth-order valence-corrected chi connectivity index (χ4v) is 0.873. The number of epoxide rings is 1. The van der Waals surface area contributed by atoms with Gasteiger partial charge in [-0.2, -0.15) is 0 Å². The second-order valence-corrected chi connectivity index (χ2v) is 3.12. The third kappa shape index (κ3) is 1.52. The van der Waals surface area contributed by atoms with E-state index in [2.05, 4.69) is 0 Å². The summed E-state index contributed by atoms with van der Waals surface area (Å²) in [6.45, 7) is 3.75. The van der Waals surface area contributed by atoms with Crippen molar-refractivity contribution in [1.82, 2.24) is 5.06 Å². The fraction of sp³-hybridized carbons (Fsp3) is 0.857. The maximum Gasteiger partial charge on any atom is 0.277 e. The normalized spacial score (nSPS) is 26.4. The quantitative estimate of drug-likeness (QED) is 0.426. The van der Waals surface area contributed by atoms with E-state index in [9.17, 15) is 4.79 Å². The number of carbonyl (C=O) groups is 1. The van der Waals surface area contributed by atoms with E-state index >= 15 is 0 Å².